The van der Waals surface area contributed by atoms with E-state index >= 15 is 0 Å². The average Bonchev–Trinajstić information content (AvgIpc) is 3.13. The summed E-state index contributed by atoms with van der Waals surface area (Å²) in [4.78, 5) is 13.3. The SMILES string of the molecule is COCCn1cnc2c(-c3cccc(OCc4ccccc4)c3)nc(Cl)nc21. The molecule has 0 fully saturated rings. The molecule has 0 aliphatic carbocycles. The molecule has 0 radical (unpaired) electrons. The highest BCUT2D eigenvalue weighted by molar-refractivity contribution is 6.28. The summed E-state index contributed by atoms with van der Waals surface area (Å²) in [7, 11) is 1.66. The molecule has 0 atom stereocenters. The van der Waals surface area contributed by atoms with Crippen molar-refractivity contribution >= 4 is 22.8 Å². The first-order valence-electron chi connectivity index (χ1n) is 8.89. The average molecular weight is 395 g/mol. The third-order valence-electron chi connectivity index (χ3n) is 4.33. The predicted molar refractivity (Wildman–Crippen MR) is 108 cm³/mol. The molecule has 0 spiro atoms. The molecular weight excluding hydrogens is 376 g/mol. The van der Waals surface area contributed by atoms with E-state index in [-0.39, 0.29) is 5.28 Å². The molecule has 0 aliphatic rings. The lowest BCUT2D eigenvalue weighted by molar-refractivity contribution is 0.188. The van der Waals surface area contributed by atoms with Gasteiger partial charge in [-0.3, -0.25) is 0 Å². The highest BCUT2D eigenvalue weighted by atomic mass is 35.5. The van der Waals surface area contributed by atoms with Gasteiger partial charge in [-0.25, -0.2) is 9.97 Å². The van der Waals surface area contributed by atoms with Gasteiger partial charge < -0.3 is 14.0 Å². The van der Waals surface area contributed by atoms with Crippen LogP contribution >= 0.6 is 11.6 Å². The Morgan fingerprint density at radius 1 is 1.04 bits per heavy atom. The Bertz CT molecular complexity index is 1080. The zero-order valence-corrected chi connectivity index (χ0v) is 16.1. The number of methoxy groups -OCH3 is 1. The Balaban J connectivity index is 1.65. The minimum atomic E-state index is 0.178. The molecule has 4 aromatic rings. The Kier molecular flexibility index (Phi) is 5.50. The number of ether oxygens (including phenoxy) is 2. The Hall–Kier alpha value is -2.96. The van der Waals surface area contributed by atoms with Crippen LogP contribution in [0.15, 0.2) is 60.9 Å². The van der Waals surface area contributed by atoms with E-state index in [9.17, 15) is 0 Å². The lowest BCUT2D eigenvalue weighted by Gasteiger charge is -2.09. The molecule has 6 nitrogen and oxygen atoms in total. The molecule has 0 bridgehead atoms. The first kappa shape index (κ1) is 18.4. The fourth-order valence-electron chi connectivity index (χ4n) is 2.95. The van der Waals surface area contributed by atoms with Gasteiger partial charge in [0.2, 0.25) is 5.28 Å². The van der Waals surface area contributed by atoms with Crippen LogP contribution in [0.25, 0.3) is 22.4 Å². The quantitative estimate of drug-likeness (QED) is 0.435. The number of hydrogen-bond donors (Lipinski definition) is 0. The van der Waals surface area contributed by atoms with Gasteiger partial charge in [-0.05, 0) is 29.3 Å². The third-order valence-corrected chi connectivity index (χ3v) is 4.50. The van der Waals surface area contributed by atoms with Crippen molar-refractivity contribution in [3.05, 3.63) is 71.8 Å². The summed E-state index contributed by atoms with van der Waals surface area (Å²) in [5, 5.41) is 0.178. The Morgan fingerprint density at radius 2 is 1.89 bits per heavy atom. The molecule has 2 heterocycles. The summed E-state index contributed by atoms with van der Waals surface area (Å²) >= 11 is 6.19. The number of benzene rings is 2. The van der Waals surface area contributed by atoms with Crippen molar-refractivity contribution < 1.29 is 9.47 Å². The van der Waals surface area contributed by atoms with E-state index in [0.717, 1.165) is 16.9 Å². The Morgan fingerprint density at radius 3 is 2.71 bits per heavy atom. The van der Waals surface area contributed by atoms with E-state index in [1.807, 2.05) is 59.2 Å². The van der Waals surface area contributed by atoms with Crippen LogP contribution in [-0.2, 0) is 17.9 Å². The van der Waals surface area contributed by atoms with Crippen LogP contribution in [0.4, 0.5) is 0 Å². The van der Waals surface area contributed by atoms with Gasteiger partial charge in [0.15, 0.2) is 5.65 Å². The van der Waals surface area contributed by atoms with Crippen LogP contribution in [-0.4, -0.2) is 33.2 Å². The monoisotopic (exact) mass is 394 g/mol. The van der Waals surface area contributed by atoms with Gasteiger partial charge in [0.05, 0.1) is 12.9 Å². The van der Waals surface area contributed by atoms with Crippen molar-refractivity contribution in [2.45, 2.75) is 13.2 Å². The van der Waals surface area contributed by atoms with E-state index in [0.29, 0.717) is 36.6 Å². The maximum absolute atomic E-state index is 6.19. The van der Waals surface area contributed by atoms with Gasteiger partial charge in [0, 0.05) is 19.2 Å². The van der Waals surface area contributed by atoms with E-state index in [1.165, 1.54) is 0 Å². The van der Waals surface area contributed by atoms with E-state index in [2.05, 4.69) is 15.0 Å². The van der Waals surface area contributed by atoms with Crippen molar-refractivity contribution in [1.82, 2.24) is 19.5 Å². The molecule has 2 aromatic heterocycles. The number of rotatable bonds is 7. The minimum Gasteiger partial charge on any atom is -0.489 e. The van der Waals surface area contributed by atoms with Crippen LogP contribution in [0, 0.1) is 0 Å². The highest BCUT2D eigenvalue weighted by Gasteiger charge is 2.15. The predicted octanol–water partition coefficient (Wildman–Crippen LogP) is 4.37. The van der Waals surface area contributed by atoms with Gasteiger partial charge >= 0.3 is 0 Å². The second kappa shape index (κ2) is 8.37. The molecule has 7 heteroatoms. The lowest BCUT2D eigenvalue weighted by atomic mass is 10.1. The molecule has 0 unspecified atom stereocenters. The standard InChI is InChI=1S/C21H19ClN4O2/c1-27-11-10-26-14-23-19-18(24-21(22)25-20(19)26)16-8-5-9-17(12-16)28-13-15-6-3-2-4-7-15/h2-9,12,14H,10-11,13H2,1H3. The topological polar surface area (TPSA) is 62.1 Å². The zero-order chi connectivity index (χ0) is 19.3. The van der Waals surface area contributed by atoms with Crippen LogP contribution in [0.1, 0.15) is 5.56 Å². The number of hydrogen-bond acceptors (Lipinski definition) is 5. The van der Waals surface area contributed by atoms with E-state index in [1.54, 1.807) is 13.4 Å². The molecule has 142 valence electrons. The molecule has 4 rings (SSSR count). The fraction of sp³-hybridized carbons (Fsp3) is 0.190. The largest absolute Gasteiger partial charge is 0.489 e. The first-order chi connectivity index (χ1) is 13.7. The number of aromatic nitrogens is 4. The highest BCUT2D eigenvalue weighted by Crippen LogP contribution is 2.29. The van der Waals surface area contributed by atoms with Crippen molar-refractivity contribution in [1.29, 1.82) is 0 Å². The van der Waals surface area contributed by atoms with Gasteiger partial charge in [0.1, 0.15) is 23.6 Å². The third kappa shape index (κ3) is 3.98. The number of imidazole rings is 1. The van der Waals surface area contributed by atoms with Gasteiger partial charge in [0.25, 0.3) is 0 Å². The number of nitrogens with zero attached hydrogens (tertiary/aromatic N) is 4. The first-order valence-corrected chi connectivity index (χ1v) is 9.27. The summed E-state index contributed by atoms with van der Waals surface area (Å²) < 4.78 is 13.0. The van der Waals surface area contributed by atoms with Gasteiger partial charge in [-0.2, -0.15) is 4.98 Å². The van der Waals surface area contributed by atoms with Crippen molar-refractivity contribution in [2.24, 2.45) is 0 Å². The summed E-state index contributed by atoms with van der Waals surface area (Å²) in [6.45, 7) is 1.70. The summed E-state index contributed by atoms with van der Waals surface area (Å²) in [6.07, 6.45) is 1.73. The maximum atomic E-state index is 6.19. The van der Waals surface area contributed by atoms with E-state index in [4.69, 9.17) is 21.1 Å². The second-order valence-electron chi connectivity index (χ2n) is 6.25. The second-order valence-corrected chi connectivity index (χ2v) is 6.58. The van der Waals surface area contributed by atoms with Gasteiger partial charge in [-0.15, -0.1) is 0 Å². The molecule has 0 N–H and O–H groups in total. The molecule has 0 amide bonds. The van der Waals surface area contributed by atoms with Crippen LogP contribution < -0.4 is 4.74 Å². The molecule has 0 saturated heterocycles. The zero-order valence-electron chi connectivity index (χ0n) is 15.4. The smallest absolute Gasteiger partial charge is 0.225 e. The lowest BCUT2D eigenvalue weighted by Crippen LogP contribution is -2.04. The molecule has 0 aliphatic heterocycles. The van der Waals surface area contributed by atoms with Crippen molar-refractivity contribution in [2.75, 3.05) is 13.7 Å². The van der Waals surface area contributed by atoms with Crippen LogP contribution in [0.3, 0.4) is 0 Å². The maximum Gasteiger partial charge on any atom is 0.225 e. The molecule has 28 heavy (non-hydrogen) atoms. The normalized spacial score (nSPS) is 11.1. The summed E-state index contributed by atoms with van der Waals surface area (Å²) in [5.74, 6) is 0.753. The fourth-order valence-corrected chi connectivity index (χ4v) is 3.11. The van der Waals surface area contributed by atoms with Gasteiger partial charge in [-0.1, -0.05) is 42.5 Å². The Labute approximate surface area is 167 Å². The molecule has 0 saturated carbocycles. The summed E-state index contributed by atoms with van der Waals surface area (Å²) in [5.41, 5.74) is 4.04. The van der Waals surface area contributed by atoms with Crippen LogP contribution in [0.2, 0.25) is 5.28 Å². The number of halogens is 1. The van der Waals surface area contributed by atoms with Crippen molar-refractivity contribution in [3.8, 4) is 17.0 Å². The molecule has 2 aromatic carbocycles. The molecular formula is C21H19ClN4O2. The van der Waals surface area contributed by atoms with Crippen LogP contribution in [0.5, 0.6) is 5.75 Å². The van der Waals surface area contributed by atoms with Crippen molar-refractivity contribution in [3.63, 3.8) is 0 Å². The summed E-state index contributed by atoms with van der Waals surface area (Å²) in [6, 6.07) is 17.8. The minimum absolute atomic E-state index is 0.178. The van der Waals surface area contributed by atoms with E-state index < -0.39 is 0 Å². The number of fused-ring (bicyclic) bond motifs is 1.